The average molecular weight is 399 g/mol. The third-order valence-corrected chi connectivity index (χ3v) is 4.00. The maximum Gasteiger partial charge on any atom is 0.323 e. The van der Waals surface area contributed by atoms with Crippen molar-refractivity contribution in [3.8, 4) is 5.75 Å². The number of anilines is 2. The molecule has 2 aromatic carbocycles. The lowest BCUT2D eigenvalue weighted by molar-refractivity contribution is -0.136. The van der Waals surface area contributed by atoms with Crippen LogP contribution < -0.4 is 15.4 Å². The summed E-state index contributed by atoms with van der Waals surface area (Å²) in [6, 6.07) is 11.3. The van der Waals surface area contributed by atoms with Gasteiger partial charge in [-0.25, -0.2) is 4.79 Å². The maximum absolute atomic E-state index is 12.4. The smallest absolute Gasteiger partial charge is 0.323 e. The van der Waals surface area contributed by atoms with Gasteiger partial charge in [0, 0.05) is 31.8 Å². The summed E-state index contributed by atoms with van der Waals surface area (Å²) in [5.74, 6) is -0.647. The summed E-state index contributed by atoms with van der Waals surface area (Å²) >= 11 is 0. The summed E-state index contributed by atoms with van der Waals surface area (Å²) in [4.78, 5) is 36.7. The lowest BCUT2D eigenvalue weighted by Gasteiger charge is -2.15. The van der Waals surface area contributed by atoms with E-state index in [9.17, 15) is 14.4 Å². The molecule has 3 amide bonds. The molecule has 0 heterocycles. The van der Waals surface area contributed by atoms with E-state index in [0.29, 0.717) is 35.7 Å². The second-order valence-corrected chi connectivity index (χ2v) is 6.52. The number of rotatable bonds is 8. The maximum atomic E-state index is 12.4. The molecule has 0 aliphatic heterocycles. The molecule has 0 saturated carbocycles. The minimum absolute atomic E-state index is 0.0192. The van der Waals surface area contributed by atoms with Crippen LogP contribution >= 0.6 is 0 Å². The molecule has 2 rings (SSSR count). The van der Waals surface area contributed by atoms with E-state index in [2.05, 4.69) is 10.6 Å². The van der Waals surface area contributed by atoms with Crippen molar-refractivity contribution in [3.05, 3.63) is 53.6 Å². The van der Waals surface area contributed by atoms with Crippen molar-refractivity contribution >= 4 is 29.3 Å². The fourth-order valence-corrected chi connectivity index (χ4v) is 2.63. The van der Waals surface area contributed by atoms with Gasteiger partial charge in [0.2, 0.25) is 0 Å². The number of carboxylic acid groups (broad SMARTS) is 1. The van der Waals surface area contributed by atoms with Crippen molar-refractivity contribution in [2.75, 3.05) is 31.3 Å². The second-order valence-electron chi connectivity index (χ2n) is 6.52. The number of hydrogen-bond donors (Lipinski definition) is 3. The predicted octanol–water partition coefficient (Wildman–Crippen LogP) is 3.45. The fourth-order valence-electron chi connectivity index (χ4n) is 2.63. The first-order valence-electron chi connectivity index (χ1n) is 9.17. The van der Waals surface area contributed by atoms with E-state index >= 15 is 0 Å². The number of benzene rings is 2. The van der Waals surface area contributed by atoms with Crippen LogP contribution in [0.2, 0.25) is 0 Å². The van der Waals surface area contributed by atoms with Gasteiger partial charge in [-0.1, -0.05) is 12.1 Å². The summed E-state index contributed by atoms with van der Waals surface area (Å²) in [6.45, 7) is 2.19. The zero-order chi connectivity index (χ0) is 21.4. The summed E-state index contributed by atoms with van der Waals surface area (Å²) in [5.41, 5.74) is 2.24. The second kappa shape index (κ2) is 10.1. The zero-order valence-electron chi connectivity index (χ0n) is 16.7. The molecular weight excluding hydrogens is 374 g/mol. The number of hydrogen-bond acceptors (Lipinski definition) is 4. The Kier molecular flexibility index (Phi) is 7.59. The summed E-state index contributed by atoms with van der Waals surface area (Å²) in [5, 5.41) is 14.2. The number of carbonyl (C=O) groups is 3. The number of carbonyl (C=O) groups excluding carboxylic acids is 2. The largest absolute Gasteiger partial charge is 0.492 e. The molecule has 3 N–H and O–H groups in total. The number of amides is 3. The van der Waals surface area contributed by atoms with Gasteiger partial charge in [-0.2, -0.15) is 0 Å². The number of nitrogens with one attached hydrogen (secondary N) is 2. The molecule has 0 radical (unpaired) electrons. The quantitative estimate of drug-likeness (QED) is 0.630. The minimum atomic E-state index is -0.874. The lowest BCUT2D eigenvalue weighted by atomic mass is 10.1. The Bertz CT molecular complexity index is 896. The van der Waals surface area contributed by atoms with Gasteiger partial charge in [-0.15, -0.1) is 0 Å². The van der Waals surface area contributed by atoms with E-state index in [1.807, 2.05) is 6.92 Å². The van der Waals surface area contributed by atoms with Gasteiger partial charge in [0.15, 0.2) is 0 Å². The Balaban J connectivity index is 2.11. The molecule has 0 fully saturated rings. The molecular formula is C21H25N3O5. The van der Waals surface area contributed by atoms with Crippen LogP contribution in [0.1, 0.15) is 29.3 Å². The Hall–Kier alpha value is -3.55. The number of nitrogens with zero attached hydrogens (tertiary/aromatic N) is 1. The Labute approximate surface area is 169 Å². The van der Waals surface area contributed by atoms with Crippen molar-refractivity contribution in [2.24, 2.45) is 0 Å². The Morgan fingerprint density at radius 2 is 1.83 bits per heavy atom. The van der Waals surface area contributed by atoms with E-state index in [1.54, 1.807) is 56.6 Å². The molecule has 0 bridgehead atoms. The van der Waals surface area contributed by atoms with Gasteiger partial charge in [-0.3, -0.25) is 9.59 Å². The topological polar surface area (TPSA) is 108 Å². The van der Waals surface area contributed by atoms with E-state index < -0.39 is 12.0 Å². The highest BCUT2D eigenvalue weighted by molar-refractivity contribution is 6.01. The van der Waals surface area contributed by atoms with Crippen LogP contribution in [0, 0.1) is 0 Å². The van der Waals surface area contributed by atoms with Crippen LogP contribution in [-0.4, -0.2) is 48.6 Å². The summed E-state index contributed by atoms with van der Waals surface area (Å²) in [6.07, 6.45) is 0.397. The number of urea groups is 1. The molecule has 0 saturated heterocycles. The van der Waals surface area contributed by atoms with Crippen molar-refractivity contribution in [1.82, 2.24) is 4.90 Å². The van der Waals surface area contributed by atoms with Crippen LogP contribution in [0.5, 0.6) is 5.75 Å². The molecule has 154 valence electrons. The van der Waals surface area contributed by atoms with E-state index in [1.165, 1.54) is 4.90 Å². The first kappa shape index (κ1) is 21.7. The molecule has 0 spiro atoms. The third-order valence-electron chi connectivity index (χ3n) is 4.00. The molecule has 0 atom stereocenters. The van der Waals surface area contributed by atoms with Crippen LogP contribution in [0.3, 0.4) is 0 Å². The fraction of sp³-hybridized carbons (Fsp3) is 0.286. The predicted molar refractivity (Wildman–Crippen MR) is 111 cm³/mol. The van der Waals surface area contributed by atoms with Gasteiger partial charge in [-0.05, 0) is 49.2 Å². The number of carboxylic acids is 1. The summed E-state index contributed by atoms with van der Waals surface area (Å²) < 4.78 is 5.56. The van der Waals surface area contributed by atoms with Crippen molar-refractivity contribution < 1.29 is 24.2 Å². The van der Waals surface area contributed by atoms with Crippen LogP contribution in [0.15, 0.2) is 42.5 Å². The van der Waals surface area contributed by atoms with Crippen LogP contribution in [0.4, 0.5) is 16.2 Å². The zero-order valence-corrected chi connectivity index (χ0v) is 16.7. The number of aliphatic carboxylic acids is 1. The first-order chi connectivity index (χ1) is 13.8. The van der Waals surface area contributed by atoms with Crippen molar-refractivity contribution in [3.63, 3.8) is 0 Å². The lowest BCUT2D eigenvalue weighted by Crippen LogP contribution is -2.22. The van der Waals surface area contributed by atoms with E-state index in [0.717, 1.165) is 5.56 Å². The number of ether oxygens (including phenoxy) is 1. The molecule has 0 aliphatic rings. The molecule has 0 aromatic heterocycles. The van der Waals surface area contributed by atoms with Crippen LogP contribution in [0.25, 0.3) is 0 Å². The van der Waals surface area contributed by atoms with Gasteiger partial charge in [0.25, 0.3) is 5.91 Å². The third kappa shape index (κ3) is 6.53. The highest BCUT2D eigenvalue weighted by Gasteiger charge is 2.14. The van der Waals surface area contributed by atoms with Gasteiger partial charge in [0.05, 0.1) is 12.3 Å². The Morgan fingerprint density at radius 1 is 1.07 bits per heavy atom. The normalized spacial score (nSPS) is 10.2. The molecule has 0 unspecified atom stereocenters. The monoisotopic (exact) mass is 399 g/mol. The van der Waals surface area contributed by atoms with Gasteiger partial charge >= 0.3 is 12.0 Å². The average Bonchev–Trinajstić information content (AvgIpc) is 2.67. The van der Waals surface area contributed by atoms with Crippen LogP contribution in [-0.2, 0) is 11.2 Å². The van der Waals surface area contributed by atoms with E-state index in [4.69, 9.17) is 9.84 Å². The van der Waals surface area contributed by atoms with Gasteiger partial charge < -0.3 is 25.4 Å². The molecule has 8 heteroatoms. The SMILES string of the molecule is CCOc1cc(C(=O)N(C)C)ccc1NC(=O)Nc1cccc(CCC(=O)O)c1. The highest BCUT2D eigenvalue weighted by atomic mass is 16.5. The summed E-state index contributed by atoms with van der Waals surface area (Å²) in [7, 11) is 3.32. The number of aryl methyl sites for hydroxylation is 1. The molecule has 2 aromatic rings. The molecule has 29 heavy (non-hydrogen) atoms. The van der Waals surface area contributed by atoms with E-state index in [-0.39, 0.29) is 12.3 Å². The molecule has 8 nitrogen and oxygen atoms in total. The first-order valence-corrected chi connectivity index (χ1v) is 9.17. The van der Waals surface area contributed by atoms with Gasteiger partial charge in [0.1, 0.15) is 5.75 Å². The minimum Gasteiger partial charge on any atom is -0.492 e. The van der Waals surface area contributed by atoms with Crippen molar-refractivity contribution in [2.45, 2.75) is 19.8 Å². The van der Waals surface area contributed by atoms with Crippen molar-refractivity contribution in [1.29, 1.82) is 0 Å². The molecule has 0 aliphatic carbocycles. The standard InChI is InChI=1S/C21H25N3O5/c1-4-29-18-13-15(20(27)24(2)3)9-10-17(18)23-21(28)22-16-7-5-6-14(12-16)8-11-19(25)26/h5-7,9-10,12-13H,4,8,11H2,1-3H3,(H,25,26)(H2,22,23,28). The highest BCUT2D eigenvalue weighted by Crippen LogP contribution is 2.27. The Morgan fingerprint density at radius 3 is 2.48 bits per heavy atom.